The Kier molecular flexibility index (Phi) is 3.09. The van der Waals surface area contributed by atoms with E-state index in [0.717, 1.165) is 0 Å². The van der Waals surface area contributed by atoms with E-state index in [1.807, 2.05) is 5.92 Å². The number of carbonyl (C=O) groups is 2. The number of rotatable bonds is 2. The number of hydrogen-bond donors (Lipinski definition) is 2. The van der Waals surface area contributed by atoms with Gasteiger partial charge in [0.25, 0.3) is 5.91 Å². The highest BCUT2D eigenvalue weighted by molar-refractivity contribution is 6.04. The van der Waals surface area contributed by atoms with E-state index in [0.29, 0.717) is 11.3 Å². The lowest BCUT2D eigenvalue weighted by atomic mass is 10.1. The van der Waals surface area contributed by atoms with Gasteiger partial charge in [-0.05, 0) is 30.5 Å². The molecule has 0 unspecified atom stereocenters. The molecule has 0 spiro atoms. The van der Waals surface area contributed by atoms with E-state index in [9.17, 15) is 9.59 Å². The largest absolute Gasteiger partial charge is 0.478 e. The maximum absolute atomic E-state index is 10.9. The monoisotopic (exact) mass is 203 g/mol. The third-order valence-corrected chi connectivity index (χ3v) is 1.86. The van der Waals surface area contributed by atoms with Crippen molar-refractivity contribution in [3.05, 3.63) is 29.3 Å². The van der Waals surface area contributed by atoms with Crippen LogP contribution >= 0.6 is 0 Å². The number of benzene rings is 1. The van der Waals surface area contributed by atoms with Gasteiger partial charge in [0.2, 0.25) is 0 Å². The van der Waals surface area contributed by atoms with E-state index < -0.39 is 11.9 Å². The zero-order valence-electron chi connectivity index (χ0n) is 8.07. The van der Waals surface area contributed by atoms with Crippen molar-refractivity contribution in [1.82, 2.24) is 0 Å². The van der Waals surface area contributed by atoms with Crippen molar-refractivity contribution in [3.63, 3.8) is 0 Å². The second-order valence-corrected chi connectivity index (χ2v) is 2.93. The first-order valence-electron chi connectivity index (χ1n) is 4.16. The van der Waals surface area contributed by atoms with Gasteiger partial charge in [0.15, 0.2) is 0 Å². The fourth-order valence-electron chi connectivity index (χ4n) is 1.10. The van der Waals surface area contributed by atoms with E-state index in [4.69, 9.17) is 11.5 Å². The lowest BCUT2D eigenvalue weighted by Gasteiger charge is -2.04. The maximum Gasteiger partial charge on any atom is 0.336 e. The Morgan fingerprint density at radius 1 is 1.47 bits per heavy atom. The summed E-state index contributed by atoms with van der Waals surface area (Å²) < 4.78 is 0. The van der Waals surface area contributed by atoms with Gasteiger partial charge in [0.1, 0.15) is 0 Å². The van der Waals surface area contributed by atoms with Crippen LogP contribution in [0.2, 0.25) is 0 Å². The molecule has 1 aromatic carbocycles. The molecule has 0 heterocycles. The average Bonchev–Trinajstić information content (AvgIpc) is 2.20. The number of hydrogen-bond acceptors (Lipinski definition) is 2. The van der Waals surface area contributed by atoms with E-state index in [1.54, 1.807) is 19.1 Å². The summed E-state index contributed by atoms with van der Waals surface area (Å²) in [6.45, 7) is 1.68. The summed E-state index contributed by atoms with van der Waals surface area (Å²) >= 11 is 0. The molecule has 0 fully saturated rings. The minimum Gasteiger partial charge on any atom is -0.478 e. The predicted molar refractivity (Wildman–Crippen MR) is 55.6 cm³/mol. The molecule has 0 aromatic heterocycles. The number of aromatic carboxylic acids is 1. The Morgan fingerprint density at radius 2 is 2.13 bits per heavy atom. The van der Waals surface area contributed by atoms with Crippen LogP contribution in [0.1, 0.15) is 15.9 Å². The molecular formula is C11H9NO3. The Bertz CT molecular complexity index is 457. The number of carbonyl (C=O) groups excluding carboxylic acids is 1. The van der Waals surface area contributed by atoms with Gasteiger partial charge < -0.3 is 10.4 Å². The first-order valence-corrected chi connectivity index (χ1v) is 4.16. The summed E-state index contributed by atoms with van der Waals surface area (Å²) in [7, 11) is 0. The van der Waals surface area contributed by atoms with E-state index >= 15 is 0 Å². The maximum atomic E-state index is 10.9. The molecule has 0 atom stereocenters. The molecule has 0 saturated heterocycles. The highest BCUT2D eigenvalue weighted by Crippen LogP contribution is 2.15. The van der Waals surface area contributed by atoms with Gasteiger partial charge in [-0.2, -0.15) is 0 Å². The van der Waals surface area contributed by atoms with Crippen molar-refractivity contribution < 1.29 is 14.7 Å². The first-order chi connectivity index (χ1) is 7.04. The molecule has 0 bridgehead atoms. The van der Waals surface area contributed by atoms with E-state index in [2.05, 4.69) is 5.32 Å². The van der Waals surface area contributed by atoms with Crippen molar-refractivity contribution in [3.8, 4) is 12.3 Å². The number of terminal acetylenes is 1. The van der Waals surface area contributed by atoms with Crippen LogP contribution in [0, 0.1) is 19.3 Å². The van der Waals surface area contributed by atoms with Crippen LogP contribution in [-0.4, -0.2) is 17.0 Å². The molecule has 0 aliphatic carbocycles. The van der Waals surface area contributed by atoms with Gasteiger partial charge in [0, 0.05) is 5.69 Å². The summed E-state index contributed by atoms with van der Waals surface area (Å²) in [6, 6.07) is 4.57. The van der Waals surface area contributed by atoms with Gasteiger partial charge in [-0.1, -0.05) is 6.07 Å². The Hall–Kier alpha value is -2.28. The van der Waals surface area contributed by atoms with Gasteiger partial charge in [0.05, 0.1) is 5.56 Å². The number of anilines is 1. The number of amides is 1. The minimum atomic E-state index is -1.04. The van der Waals surface area contributed by atoms with Crippen molar-refractivity contribution in [1.29, 1.82) is 0 Å². The van der Waals surface area contributed by atoms with Gasteiger partial charge in [-0.3, -0.25) is 4.79 Å². The van der Waals surface area contributed by atoms with Crippen molar-refractivity contribution in [2.24, 2.45) is 0 Å². The molecule has 4 nitrogen and oxygen atoms in total. The second kappa shape index (κ2) is 4.29. The topological polar surface area (TPSA) is 66.4 Å². The molecular weight excluding hydrogens is 194 g/mol. The molecule has 0 saturated carbocycles. The number of carboxylic acid groups (broad SMARTS) is 1. The smallest absolute Gasteiger partial charge is 0.336 e. The standard InChI is InChI=1S/C11H9NO3/c1-3-10(13)12-8-5-4-7(2)9(6-8)11(14)15/h1,4-6H,2H3,(H,12,13)(H,14,15). The van der Waals surface area contributed by atoms with Gasteiger partial charge >= 0.3 is 5.97 Å². The summed E-state index contributed by atoms with van der Waals surface area (Å²) in [4.78, 5) is 21.6. The van der Waals surface area contributed by atoms with Crippen LogP contribution < -0.4 is 5.32 Å². The molecule has 1 amide bonds. The summed E-state index contributed by atoms with van der Waals surface area (Å²) in [5.41, 5.74) is 1.15. The Labute approximate surface area is 86.9 Å². The van der Waals surface area contributed by atoms with Crippen LogP contribution in [0.5, 0.6) is 0 Å². The molecule has 15 heavy (non-hydrogen) atoms. The van der Waals surface area contributed by atoms with Crippen molar-refractivity contribution in [2.45, 2.75) is 6.92 Å². The normalized spacial score (nSPS) is 9.07. The zero-order chi connectivity index (χ0) is 11.4. The molecule has 76 valence electrons. The summed E-state index contributed by atoms with van der Waals surface area (Å²) in [6.07, 6.45) is 4.87. The first kappa shape index (κ1) is 10.8. The van der Waals surface area contributed by atoms with Gasteiger partial charge in [-0.25, -0.2) is 4.79 Å². The third kappa shape index (κ3) is 2.58. The second-order valence-electron chi connectivity index (χ2n) is 2.93. The highest BCUT2D eigenvalue weighted by atomic mass is 16.4. The number of aryl methyl sites for hydroxylation is 1. The summed E-state index contributed by atoms with van der Waals surface area (Å²) in [5.74, 6) is 0.240. The highest BCUT2D eigenvalue weighted by Gasteiger charge is 2.08. The fourth-order valence-corrected chi connectivity index (χ4v) is 1.10. The SMILES string of the molecule is C#CC(=O)Nc1ccc(C)c(C(=O)O)c1. The molecule has 1 rings (SSSR count). The fraction of sp³-hybridized carbons (Fsp3) is 0.0909. The third-order valence-electron chi connectivity index (χ3n) is 1.86. The van der Waals surface area contributed by atoms with Crippen LogP contribution in [0.4, 0.5) is 5.69 Å². The molecule has 4 heteroatoms. The van der Waals surface area contributed by atoms with Crippen molar-refractivity contribution in [2.75, 3.05) is 5.32 Å². The van der Waals surface area contributed by atoms with Crippen LogP contribution in [0.15, 0.2) is 18.2 Å². The quantitative estimate of drug-likeness (QED) is 0.711. The predicted octanol–water partition coefficient (Wildman–Crippen LogP) is 1.26. The van der Waals surface area contributed by atoms with Gasteiger partial charge in [-0.15, -0.1) is 6.42 Å². The molecule has 1 aromatic rings. The van der Waals surface area contributed by atoms with E-state index in [-0.39, 0.29) is 5.56 Å². The van der Waals surface area contributed by atoms with Crippen LogP contribution in [0.25, 0.3) is 0 Å². The average molecular weight is 203 g/mol. The summed E-state index contributed by atoms with van der Waals surface area (Å²) in [5, 5.41) is 11.2. The Morgan fingerprint density at radius 3 is 2.67 bits per heavy atom. The molecule has 2 N–H and O–H groups in total. The Balaban J connectivity index is 3.04. The van der Waals surface area contributed by atoms with E-state index in [1.165, 1.54) is 6.07 Å². The molecule has 0 radical (unpaired) electrons. The number of nitrogens with one attached hydrogen (secondary N) is 1. The number of carboxylic acids is 1. The lowest BCUT2D eigenvalue weighted by Crippen LogP contribution is -2.09. The lowest BCUT2D eigenvalue weighted by molar-refractivity contribution is -0.111. The molecule has 0 aliphatic rings. The minimum absolute atomic E-state index is 0.143. The van der Waals surface area contributed by atoms with Crippen LogP contribution in [0.3, 0.4) is 0 Å². The molecule has 0 aliphatic heterocycles. The zero-order valence-corrected chi connectivity index (χ0v) is 8.07. The van der Waals surface area contributed by atoms with Crippen molar-refractivity contribution >= 4 is 17.6 Å². The van der Waals surface area contributed by atoms with Crippen LogP contribution in [-0.2, 0) is 4.79 Å².